The summed E-state index contributed by atoms with van der Waals surface area (Å²) in [7, 11) is 0. The predicted octanol–water partition coefficient (Wildman–Crippen LogP) is 3.10. The minimum atomic E-state index is 0.687. The van der Waals surface area contributed by atoms with E-state index in [1.54, 1.807) is 4.80 Å². The van der Waals surface area contributed by atoms with E-state index in [1.165, 1.54) is 5.56 Å². The maximum absolute atomic E-state index is 4.69. The number of aromatic nitrogens is 3. The van der Waals surface area contributed by atoms with Crippen molar-refractivity contribution in [1.29, 1.82) is 0 Å². The summed E-state index contributed by atoms with van der Waals surface area (Å²) in [6.45, 7) is 4.43. The lowest BCUT2D eigenvalue weighted by Crippen LogP contribution is -2.13. The second-order valence-electron chi connectivity index (χ2n) is 5.16. The lowest BCUT2D eigenvalue weighted by molar-refractivity contribution is 0.579. The molecule has 0 aliphatic rings. The third kappa shape index (κ3) is 3.40. The molecule has 4 heteroatoms. The Morgan fingerprint density at radius 1 is 0.909 bits per heavy atom. The van der Waals surface area contributed by atoms with Gasteiger partial charge in [-0.2, -0.15) is 15.0 Å². The van der Waals surface area contributed by atoms with Crippen molar-refractivity contribution in [2.75, 3.05) is 6.54 Å². The third-order valence-corrected chi connectivity index (χ3v) is 3.48. The molecule has 0 saturated heterocycles. The maximum atomic E-state index is 4.69. The van der Waals surface area contributed by atoms with Crippen LogP contribution >= 0.6 is 0 Å². The van der Waals surface area contributed by atoms with Crippen LogP contribution in [0.4, 0.5) is 0 Å². The molecule has 3 rings (SSSR count). The Morgan fingerprint density at radius 2 is 1.59 bits per heavy atom. The van der Waals surface area contributed by atoms with E-state index in [1.807, 2.05) is 36.4 Å². The molecule has 0 bridgehead atoms. The number of hydrogen-bond donors (Lipinski definition) is 1. The summed E-state index contributed by atoms with van der Waals surface area (Å²) in [4.78, 5) is 1.78. The van der Waals surface area contributed by atoms with Gasteiger partial charge in [0.1, 0.15) is 11.4 Å². The van der Waals surface area contributed by atoms with Crippen LogP contribution in [0.25, 0.3) is 11.3 Å². The second-order valence-corrected chi connectivity index (χ2v) is 5.16. The van der Waals surface area contributed by atoms with Gasteiger partial charge in [0.2, 0.25) is 0 Å². The molecule has 0 aliphatic heterocycles. The first-order chi connectivity index (χ1) is 10.9. The standard InChI is InChI=1S/C18H20N4/c1-2-19-13-17-18(16-11-7-4-8-12-16)21-22(20-17)14-15-9-5-3-6-10-15/h3-12,19H,2,13-14H2,1H3. The fourth-order valence-electron chi connectivity index (χ4n) is 2.38. The van der Waals surface area contributed by atoms with Gasteiger partial charge in [-0.25, -0.2) is 0 Å². The van der Waals surface area contributed by atoms with E-state index in [0.29, 0.717) is 6.54 Å². The van der Waals surface area contributed by atoms with E-state index in [2.05, 4.69) is 41.6 Å². The summed E-state index contributed by atoms with van der Waals surface area (Å²) in [5, 5.41) is 12.7. The first-order valence-corrected chi connectivity index (χ1v) is 7.61. The van der Waals surface area contributed by atoms with Crippen LogP contribution in [0.2, 0.25) is 0 Å². The summed E-state index contributed by atoms with van der Waals surface area (Å²) >= 11 is 0. The van der Waals surface area contributed by atoms with Crippen molar-refractivity contribution in [1.82, 2.24) is 20.3 Å². The smallest absolute Gasteiger partial charge is 0.117 e. The Kier molecular flexibility index (Phi) is 4.61. The molecule has 4 nitrogen and oxygen atoms in total. The zero-order valence-electron chi connectivity index (χ0n) is 12.7. The molecule has 0 fully saturated rings. The van der Waals surface area contributed by atoms with Gasteiger partial charge in [0.05, 0.1) is 6.54 Å². The molecule has 0 saturated carbocycles. The average molecular weight is 292 g/mol. The van der Waals surface area contributed by atoms with Crippen LogP contribution < -0.4 is 5.32 Å². The van der Waals surface area contributed by atoms with Crippen molar-refractivity contribution in [2.45, 2.75) is 20.0 Å². The van der Waals surface area contributed by atoms with E-state index in [9.17, 15) is 0 Å². The van der Waals surface area contributed by atoms with Crippen LogP contribution in [0, 0.1) is 0 Å². The largest absolute Gasteiger partial charge is 0.311 e. The zero-order valence-corrected chi connectivity index (χ0v) is 12.7. The molecular formula is C18H20N4. The first kappa shape index (κ1) is 14.5. The molecule has 1 aromatic heterocycles. The van der Waals surface area contributed by atoms with Crippen molar-refractivity contribution in [3.05, 3.63) is 71.9 Å². The Morgan fingerprint density at radius 3 is 2.27 bits per heavy atom. The van der Waals surface area contributed by atoms with E-state index >= 15 is 0 Å². The van der Waals surface area contributed by atoms with E-state index in [-0.39, 0.29) is 0 Å². The highest BCUT2D eigenvalue weighted by Crippen LogP contribution is 2.20. The van der Waals surface area contributed by atoms with Crippen LogP contribution in [0.5, 0.6) is 0 Å². The molecule has 2 aromatic carbocycles. The highest BCUT2D eigenvalue weighted by atomic mass is 15.5. The van der Waals surface area contributed by atoms with E-state index in [4.69, 9.17) is 5.10 Å². The number of rotatable bonds is 6. The first-order valence-electron chi connectivity index (χ1n) is 7.61. The summed E-state index contributed by atoms with van der Waals surface area (Å²) in [6, 6.07) is 20.5. The van der Waals surface area contributed by atoms with Crippen molar-refractivity contribution in [3.63, 3.8) is 0 Å². The molecule has 0 aliphatic carbocycles. The van der Waals surface area contributed by atoms with Crippen LogP contribution in [0.3, 0.4) is 0 Å². The Labute approximate surface area is 130 Å². The second kappa shape index (κ2) is 7.00. The van der Waals surface area contributed by atoms with Crippen LogP contribution in [-0.2, 0) is 13.1 Å². The van der Waals surface area contributed by atoms with Gasteiger partial charge in [0.15, 0.2) is 0 Å². The summed E-state index contributed by atoms with van der Waals surface area (Å²) in [6.07, 6.45) is 0. The third-order valence-electron chi connectivity index (χ3n) is 3.48. The van der Waals surface area contributed by atoms with Gasteiger partial charge in [-0.15, -0.1) is 0 Å². The van der Waals surface area contributed by atoms with Gasteiger partial charge in [0.25, 0.3) is 0 Å². The lowest BCUT2D eigenvalue weighted by Gasteiger charge is -2.00. The summed E-state index contributed by atoms with van der Waals surface area (Å²) in [5.41, 5.74) is 4.25. The molecule has 0 atom stereocenters. The normalized spacial score (nSPS) is 10.8. The molecule has 0 unspecified atom stereocenters. The molecular weight excluding hydrogens is 272 g/mol. The quantitative estimate of drug-likeness (QED) is 0.759. The SMILES string of the molecule is CCNCc1nn(Cc2ccccc2)nc1-c1ccccc1. The average Bonchev–Trinajstić information content (AvgIpc) is 2.97. The van der Waals surface area contributed by atoms with Crippen LogP contribution in [0.15, 0.2) is 60.7 Å². The van der Waals surface area contributed by atoms with E-state index < -0.39 is 0 Å². The number of nitrogens with zero attached hydrogens (tertiary/aromatic N) is 3. The molecule has 3 aromatic rings. The van der Waals surface area contributed by atoms with Gasteiger partial charge in [-0.3, -0.25) is 0 Å². The maximum Gasteiger partial charge on any atom is 0.117 e. The number of benzene rings is 2. The van der Waals surface area contributed by atoms with Gasteiger partial charge in [0, 0.05) is 12.1 Å². The highest BCUT2D eigenvalue weighted by Gasteiger charge is 2.12. The van der Waals surface area contributed by atoms with Crippen LogP contribution in [0.1, 0.15) is 18.2 Å². The fourth-order valence-corrected chi connectivity index (χ4v) is 2.38. The molecule has 1 N–H and O–H groups in total. The summed E-state index contributed by atoms with van der Waals surface area (Å²) in [5.74, 6) is 0. The molecule has 112 valence electrons. The van der Waals surface area contributed by atoms with Gasteiger partial charge in [-0.1, -0.05) is 67.6 Å². The molecule has 0 radical (unpaired) electrons. The number of hydrogen-bond acceptors (Lipinski definition) is 3. The Bertz CT molecular complexity index is 704. The predicted molar refractivity (Wildman–Crippen MR) is 88.4 cm³/mol. The minimum Gasteiger partial charge on any atom is -0.311 e. The topological polar surface area (TPSA) is 42.7 Å². The van der Waals surface area contributed by atoms with Gasteiger partial charge in [-0.05, 0) is 12.1 Å². The molecule has 1 heterocycles. The molecule has 0 spiro atoms. The van der Waals surface area contributed by atoms with Crippen LogP contribution in [-0.4, -0.2) is 21.5 Å². The zero-order chi connectivity index (χ0) is 15.2. The fraction of sp³-hybridized carbons (Fsp3) is 0.222. The highest BCUT2D eigenvalue weighted by molar-refractivity contribution is 5.60. The van der Waals surface area contributed by atoms with Gasteiger partial charge < -0.3 is 5.32 Å². The van der Waals surface area contributed by atoms with E-state index in [0.717, 1.165) is 30.0 Å². The lowest BCUT2D eigenvalue weighted by atomic mass is 10.1. The monoisotopic (exact) mass is 292 g/mol. The van der Waals surface area contributed by atoms with Gasteiger partial charge >= 0.3 is 0 Å². The Hall–Kier alpha value is -2.46. The minimum absolute atomic E-state index is 0.687. The number of nitrogens with one attached hydrogen (secondary N) is 1. The summed E-state index contributed by atoms with van der Waals surface area (Å²) < 4.78 is 0. The Balaban J connectivity index is 1.90. The molecule has 22 heavy (non-hydrogen) atoms. The molecule has 0 amide bonds. The van der Waals surface area contributed by atoms with Crippen molar-refractivity contribution < 1.29 is 0 Å². The van der Waals surface area contributed by atoms with Crippen molar-refractivity contribution in [2.24, 2.45) is 0 Å². The van der Waals surface area contributed by atoms with Crippen molar-refractivity contribution in [3.8, 4) is 11.3 Å². The van der Waals surface area contributed by atoms with Crippen molar-refractivity contribution >= 4 is 0 Å².